The van der Waals surface area contributed by atoms with Crippen LogP contribution in [0, 0.1) is 0 Å². The Morgan fingerprint density at radius 2 is 2.08 bits per heavy atom. The van der Waals surface area contributed by atoms with Crippen molar-refractivity contribution in [2.24, 2.45) is 12.0 Å². The van der Waals surface area contributed by atoms with Gasteiger partial charge in [-0.05, 0) is 33.9 Å². The summed E-state index contributed by atoms with van der Waals surface area (Å²) >= 11 is 0. The molecule has 2 rings (SSSR count). The van der Waals surface area contributed by atoms with Gasteiger partial charge in [0.2, 0.25) is 5.91 Å². The fraction of sp³-hybridized carbons (Fsp3) is 0.706. The van der Waals surface area contributed by atoms with Crippen LogP contribution in [0.15, 0.2) is 17.4 Å². The summed E-state index contributed by atoms with van der Waals surface area (Å²) in [5.74, 6) is 0.775. The maximum atomic E-state index is 12.2. The molecule has 0 aromatic carbocycles. The van der Waals surface area contributed by atoms with Crippen LogP contribution in [-0.4, -0.2) is 78.3 Å². The molecule has 0 spiro atoms. The average Bonchev–Trinajstić information content (AvgIpc) is 3.24. The summed E-state index contributed by atoms with van der Waals surface area (Å²) in [5.41, 5.74) is 1.14. The van der Waals surface area contributed by atoms with Gasteiger partial charge in [0, 0.05) is 45.0 Å². The van der Waals surface area contributed by atoms with Crippen LogP contribution in [-0.2, 0) is 11.8 Å². The first kappa shape index (κ1) is 19.2. The van der Waals surface area contributed by atoms with E-state index in [1.54, 1.807) is 4.68 Å². The van der Waals surface area contributed by atoms with Crippen molar-refractivity contribution in [2.45, 2.75) is 25.8 Å². The van der Waals surface area contributed by atoms with Crippen molar-refractivity contribution in [2.75, 3.05) is 46.8 Å². The predicted molar refractivity (Wildman–Crippen MR) is 99.4 cm³/mol. The SMILES string of the molecule is CCNC(=NCC(=O)N1CCCC1)NCC(c1cnn(C)c1)N(C)C. The third-order valence-corrected chi connectivity index (χ3v) is 4.37. The number of rotatable bonds is 7. The number of nitrogens with zero attached hydrogens (tertiary/aromatic N) is 5. The summed E-state index contributed by atoms with van der Waals surface area (Å²) in [4.78, 5) is 20.7. The number of hydrogen-bond donors (Lipinski definition) is 2. The molecule has 1 fully saturated rings. The minimum absolute atomic E-state index is 0.103. The van der Waals surface area contributed by atoms with Gasteiger partial charge in [-0.15, -0.1) is 0 Å². The molecule has 25 heavy (non-hydrogen) atoms. The van der Waals surface area contributed by atoms with E-state index in [2.05, 4.69) is 25.6 Å². The van der Waals surface area contributed by atoms with Gasteiger partial charge in [-0.3, -0.25) is 9.48 Å². The van der Waals surface area contributed by atoms with E-state index in [0.717, 1.165) is 38.0 Å². The molecule has 1 unspecified atom stereocenters. The lowest BCUT2D eigenvalue weighted by Gasteiger charge is -2.24. The van der Waals surface area contributed by atoms with Crippen molar-refractivity contribution in [3.63, 3.8) is 0 Å². The van der Waals surface area contributed by atoms with Gasteiger partial charge in [0.1, 0.15) is 6.54 Å². The van der Waals surface area contributed by atoms with E-state index in [0.29, 0.717) is 12.5 Å². The lowest BCUT2D eigenvalue weighted by atomic mass is 10.1. The number of aliphatic imine (C=N–C) groups is 1. The number of amides is 1. The molecule has 8 nitrogen and oxygen atoms in total. The lowest BCUT2D eigenvalue weighted by Crippen LogP contribution is -2.42. The topological polar surface area (TPSA) is 77.8 Å². The van der Waals surface area contributed by atoms with Crippen molar-refractivity contribution >= 4 is 11.9 Å². The van der Waals surface area contributed by atoms with E-state index < -0.39 is 0 Å². The largest absolute Gasteiger partial charge is 0.357 e. The van der Waals surface area contributed by atoms with Crippen LogP contribution in [0.4, 0.5) is 0 Å². The van der Waals surface area contributed by atoms with Gasteiger partial charge in [0.15, 0.2) is 5.96 Å². The van der Waals surface area contributed by atoms with Crippen LogP contribution in [0.1, 0.15) is 31.4 Å². The Morgan fingerprint density at radius 3 is 2.64 bits per heavy atom. The van der Waals surface area contributed by atoms with Crippen LogP contribution in [0.3, 0.4) is 0 Å². The van der Waals surface area contributed by atoms with Gasteiger partial charge in [-0.2, -0.15) is 5.10 Å². The first-order valence-corrected chi connectivity index (χ1v) is 8.96. The molecule has 1 saturated heterocycles. The van der Waals surface area contributed by atoms with Crippen molar-refractivity contribution in [3.05, 3.63) is 18.0 Å². The molecule has 1 aliphatic rings. The fourth-order valence-corrected chi connectivity index (χ4v) is 2.96. The van der Waals surface area contributed by atoms with Gasteiger partial charge in [-0.25, -0.2) is 4.99 Å². The van der Waals surface area contributed by atoms with Crippen LogP contribution in [0.25, 0.3) is 0 Å². The average molecular weight is 349 g/mol. The van der Waals surface area contributed by atoms with E-state index in [1.165, 1.54) is 0 Å². The Labute approximate surface area is 150 Å². The Balaban J connectivity index is 1.94. The van der Waals surface area contributed by atoms with Crippen LogP contribution >= 0.6 is 0 Å². The Morgan fingerprint density at radius 1 is 1.36 bits per heavy atom. The second-order valence-electron chi connectivity index (χ2n) is 6.59. The monoisotopic (exact) mass is 349 g/mol. The lowest BCUT2D eigenvalue weighted by molar-refractivity contribution is -0.128. The third kappa shape index (κ3) is 5.74. The Bertz CT molecular complexity index is 575. The van der Waals surface area contributed by atoms with Gasteiger partial charge in [0.25, 0.3) is 0 Å². The van der Waals surface area contributed by atoms with Crippen molar-refractivity contribution in [3.8, 4) is 0 Å². The standard InChI is InChI=1S/C17H31N7O/c1-5-18-17(20-12-16(25)24-8-6-7-9-24)19-11-15(22(2)3)14-10-21-23(4)13-14/h10,13,15H,5-9,11-12H2,1-4H3,(H2,18,19,20). The molecule has 1 aliphatic heterocycles. The zero-order chi connectivity index (χ0) is 18.2. The molecule has 2 heterocycles. The highest BCUT2D eigenvalue weighted by atomic mass is 16.2. The number of carbonyl (C=O) groups is 1. The van der Waals surface area contributed by atoms with E-state index in [4.69, 9.17) is 0 Å². The molecular weight excluding hydrogens is 318 g/mol. The van der Waals surface area contributed by atoms with E-state index in [-0.39, 0.29) is 18.5 Å². The summed E-state index contributed by atoms with van der Waals surface area (Å²) in [5, 5.41) is 10.8. The van der Waals surface area contributed by atoms with Crippen LogP contribution < -0.4 is 10.6 Å². The van der Waals surface area contributed by atoms with Gasteiger partial charge >= 0.3 is 0 Å². The van der Waals surface area contributed by atoms with E-state index >= 15 is 0 Å². The number of guanidine groups is 1. The van der Waals surface area contributed by atoms with Crippen molar-refractivity contribution in [1.82, 2.24) is 30.2 Å². The molecule has 0 bridgehead atoms. The number of likely N-dealkylation sites (tertiary alicyclic amines) is 1. The van der Waals surface area contributed by atoms with Crippen molar-refractivity contribution in [1.29, 1.82) is 0 Å². The molecule has 0 aliphatic carbocycles. The van der Waals surface area contributed by atoms with Crippen molar-refractivity contribution < 1.29 is 4.79 Å². The Hall–Kier alpha value is -2.09. The number of aromatic nitrogens is 2. The zero-order valence-electron chi connectivity index (χ0n) is 15.8. The molecule has 1 amide bonds. The molecule has 1 aromatic heterocycles. The first-order valence-electron chi connectivity index (χ1n) is 8.96. The minimum atomic E-state index is 0.103. The normalized spacial score (nSPS) is 16.4. The van der Waals surface area contributed by atoms with Crippen LogP contribution in [0.2, 0.25) is 0 Å². The second kappa shape index (κ2) is 9.41. The quantitative estimate of drug-likeness (QED) is 0.543. The molecular formula is C17H31N7O. The number of likely N-dealkylation sites (N-methyl/N-ethyl adjacent to an activating group) is 1. The number of carbonyl (C=O) groups excluding carboxylic acids is 1. The van der Waals surface area contributed by atoms with Crippen LogP contribution in [0.5, 0.6) is 0 Å². The molecule has 1 atom stereocenters. The van der Waals surface area contributed by atoms with Gasteiger partial charge in [-0.1, -0.05) is 0 Å². The second-order valence-corrected chi connectivity index (χ2v) is 6.59. The highest BCUT2D eigenvalue weighted by Gasteiger charge is 2.18. The smallest absolute Gasteiger partial charge is 0.244 e. The van der Waals surface area contributed by atoms with E-state index in [9.17, 15) is 4.79 Å². The maximum Gasteiger partial charge on any atom is 0.244 e. The van der Waals surface area contributed by atoms with Gasteiger partial charge in [0.05, 0.1) is 12.2 Å². The maximum absolute atomic E-state index is 12.2. The molecule has 8 heteroatoms. The summed E-state index contributed by atoms with van der Waals surface area (Å²) in [6, 6.07) is 0.173. The van der Waals surface area contributed by atoms with E-state index in [1.807, 2.05) is 45.4 Å². The molecule has 140 valence electrons. The molecule has 0 radical (unpaired) electrons. The highest BCUT2D eigenvalue weighted by Crippen LogP contribution is 2.16. The van der Waals surface area contributed by atoms with Gasteiger partial charge < -0.3 is 20.4 Å². The predicted octanol–water partition coefficient (Wildman–Crippen LogP) is 0.200. The molecule has 0 saturated carbocycles. The fourth-order valence-electron chi connectivity index (χ4n) is 2.96. The third-order valence-electron chi connectivity index (χ3n) is 4.37. The number of aryl methyl sites for hydroxylation is 1. The summed E-state index contributed by atoms with van der Waals surface area (Å²) in [7, 11) is 6.00. The molecule has 2 N–H and O–H groups in total. The first-order chi connectivity index (χ1) is 12.0. The summed E-state index contributed by atoms with van der Waals surface area (Å²) in [6.45, 7) is 5.37. The summed E-state index contributed by atoms with van der Waals surface area (Å²) < 4.78 is 1.81. The zero-order valence-corrected chi connectivity index (χ0v) is 15.8. The highest BCUT2D eigenvalue weighted by molar-refractivity contribution is 5.85. The molecule has 1 aromatic rings. The Kier molecular flexibility index (Phi) is 7.24. The number of nitrogens with one attached hydrogen (secondary N) is 2. The number of hydrogen-bond acceptors (Lipinski definition) is 4. The summed E-state index contributed by atoms with van der Waals surface area (Å²) in [6.07, 6.45) is 6.10. The minimum Gasteiger partial charge on any atom is -0.357 e.